The summed E-state index contributed by atoms with van der Waals surface area (Å²) < 4.78 is 78.6. The minimum Gasteiger partial charge on any atom is -0.324 e. The van der Waals surface area contributed by atoms with Crippen molar-refractivity contribution < 1.29 is 31.1 Å². The second kappa shape index (κ2) is 5.94. The molecule has 2 rings (SSSR count). The van der Waals surface area contributed by atoms with E-state index in [0.29, 0.717) is 6.07 Å². The van der Waals surface area contributed by atoms with Crippen LogP contribution in [-0.2, 0) is 11.0 Å². The molecule has 1 aromatic rings. The van der Waals surface area contributed by atoms with Gasteiger partial charge in [0.25, 0.3) is 5.91 Å². The van der Waals surface area contributed by atoms with Crippen LogP contribution in [0.1, 0.15) is 24.5 Å². The monoisotopic (exact) mass is 364 g/mol. The third-order valence-electron chi connectivity index (χ3n) is 3.53. The van der Waals surface area contributed by atoms with Gasteiger partial charge in [0.1, 0.15) is 0 Å². The van der Waals surface area contributed by atoms with E-state index >= 15 is 0 Å². The number of hydrogen-bond donors (Lipinski definition) is 2. The van der Waals surface area contributed by atoms with Gasteiger partial charge in [0, 0.05) is 17.8 Å². The van der Waals surface area contributed by atoms with E-state index in [1.807, 2.05) is 5.32 Å². The highest BCUT2D eigenvalue weighted by Crippen LogP contribution is 2.38. The van der Waals surface area contributed by atoms with Crippen LogP contribution in [0.2, 0.25) is 0 Å². The summed E-state index contributed by atoms with van der Waals surface area (Å²) in [4.78, 5) is 12.1. The molecule has 0 saturated carbocycles. The average Bonchev–Trinajstić information content (AvgIpc) is 2.89. The molecule has 1 atom stereocenters. The molecule has 1 amide bonds. The van der Waals surface area contributed by atoms with E-state index in [4.69, 9.17) is 5.26 Å². The average molecular weight is 364 g/mol. The Bertz CT molecular complexity index is 777. The number of hydrazone groups is 1. The van der Waals surface area contributed by atoms with Crippen molar-refractivity contribution in [3.8, 4) is 6.07 Å². The van der Waals surface area contributed by atoms with Gasteiger partial charge < -0.3 is 5.32 Å². The van der Waals surface area contributed by atoms with Gasteiger partial charge in [-0.05, 0) is 25.1 Å². The zero-order valence-corrected chi connectivity index (χ0v) is 12.5. The molecule has 0 saturated heterocycles. The normalized spacial score (nSPS) is 20.5. The first kappa shape index (κ1) is 18.6. The summed E-state index contributed by atoms with van der Waals surface area (Å²) in [6, 6.07) is 3.42. The first-order valence-corrected chi connectivity index (χ1v) is 6.70. The quantitative estimate of drug-likeness (QED) is 0.792. The Labute approximate surface area is 137 Å². The minimum atomic E-state index is -5.03. The van der Waals surface area contributed by atoms with Crippen LogP contribution in [-0.4, -0.2) is 23.3 Å². The lowest BCUT2D eigenvalue weighted by molar-refractivity contribution is -0.193. The maximum Gasteiger partial charge on any atom is 0.422 e. The second-order valence-corrected chi connectivity index (χ2v) is 5.36. The van der Waals surface area contributed by atoms with Crippen molar-refractivity contribution in [2.45, 2.75) is 31.2 Å². The van der Waals surface area contributed by atoms with E-state index in [1.165, 1.54) is 13.0 Å². The van der Waals surface area contributed by atoms with E-state index in [2.05, 4.69) is 5.10 Å². The Morgan fingerprint density at radius 2 is 1.96 bits per heavy atom. The smallest absolute Gasteiger partial charge is 0.324 e. The topological polar surface area (TPSA) is 77.3 Å². The third kappa shape index (κ3) is 3.38. The van der Waals surface area contributed by atoms with Gasteiger partial charge in [-0.15, -0.1) is 0 Å². The standard InChI is InChI=1S/C14H10F6N4O/c1-7-5-12(24-23-7,14(18,19)20)11(25)22-9-3-2-8(6-21)10(4-9)13(15,16)17/h2-4,24H,5H2,1H3,(H,22,25). The van der Waals surface area contributed by atoms with Crippen LogP contribution in [0.25, 0.3) is 0 Å². The Kier molecular flexibility index (Phi) is 4.42. The Morgan fingerprint density at radius 1 is 1.32 bits per heavy atom. The van der Waals surface area contributed by atoms with E-state index < -0.39 is 47.0 Å². The van der Waals surface area contributed by atoms with Crippen LogP contribution in [0.15, 0.2) is 23.3 Å². The third-order valence-corrected chi connectivity index (χ3v) is 3.53. The molecule has 0 radical (unpaired) electrons. The highest BCUT2D eigenvalue weighted by atomic mass is 19.4. The molecule has 0 aliphatic carbocycles. The van der Waals surface area contributed by atoms with E-state index in [-0.39, 0.29) is 5.71 Å². The zero-order valence-electron chi connectivity index (χ0n) is 12.5. The number of carbonyl (C=O) groups excluding carboxylic acids is 1. The molecule has 2 N–H and O–H groups in total. The number of benzene rings is 1. The number of nitriles is 1. The predicted molar refractivity (Wildman–Crippen MR) is 74.4 cm³/mol. The lowest BCUT2D eigenvalue weighted by Gasteiger charge is -2.29. The number of carbonyl (C=O) groups is 1. The highest BCUT2D eigenvalue weighted by molar-refractivity contribution is 6.03. The number of halogens is 6. The first-order valence-electron chi connectivity index (χ1n) is 6.70. The van der Waals surface area contributed by atoms with Gasteiger partial charge in [-0.25, -0.2) is 0 Å². The Morgan fingerprint density at radius 3 is 2.40 bits per heavy atom. The molecule has 134 valence electrons. The maximum atomic E-state index is 13.3. The van der Waals surface area contributed by atoms with Crippen LogP contribution in [0.3, 0.4) is 0 Å². The van der Waals surface area contributed by atoms with Gasteiger partial charge in [0.2, 0.25) is 5.54 Å². The predicted octanol–water partition coefficient (Wildman–Crippen LogP) is 3.19. The molecule has 0 bridgehead atoms. The number of amides is 1. The Balaban J connectivity index is 2.36. The summed E-state index contributed by atoms with van der Waals surface area (Å²) in [6.07, 6.45) is -10.7. The summed E-state index contributed by atoms with van der Waals surface area (Å²) >= 11 is 0. The lowest BCUT2D eigenvalue weighted by atomic mass is 9.92. The van der Waals surface area contributed by atoms with Crippen LogP contribution >= 0.6 is 0 Å². The molecule has 0 aromatic heterocycles. The number of nitrogens with one attached hydrogen (secondary N) is 2. The summed E-state index contributed by atoms with van der Waals surface area (Å²) in [5.74, 6) is -1.60. The van der Waals surface area contributed by atoms with Crippen LogP contribution in [0, 0.1) is 11.3 Å². The maximum absolute atomic E-state index is 13.3. The summed E-state index contributed by atoms with van der Waals surface area (Å²) in [5.41, 5.74) is -3.92. The van der Waals surface area contributed by atoms with Crippen molar-refractivity contribution >= 4 is 17.3 Å². The van der Waals surface area contributed by atoms with E-state index in [9.17, 15) is 31.1 Å². The number of anilines is 1. The number of hydrogen-bond acceptors (Lipinski definition) is 4. The summed E-state index contributed by atoms with van der Waals surface area (Å²) in [5, 5.41) is 13.9. The fraction of sp³-hybridized carbons (Fsp3) is 0.357. The van der Waals surface area contributed by atoms with E-state index in [0.717, 1.165) is 12.1 Å². The van der Waals surface area contributed by atoms with Gasteiger partial charge in [0.15, 0.2) is 0 Å². The zero-order chi connectivity index (χ0) is 19.0. The highest BCUT2D eigenvalue weighted by Gasteiger charge is 2.62. The summed E-state index contributed by atoms with van der Waals surface area (Å²) in [6.45, 7) is 1.28. The number of rotatable bonds is 2. The van der Waals surface area contributed by atoms with Gasteiger partial charge in [0.05, 0.1) is 17.2 Å². The van der Waals surface area contributed by atoms with Crippen LogP contribution < -0.4 is 10.7 Å². The van der Waals surface area contributed by atoms with Crippen molar-refractivity contribution in [2.24, 2.45) is 5.10 Å². The molecule has 25 heavy (non-hydrogen) atoms. The largest absolute Gasteiger partial charge is 0.422 e. The van der Waals surface area contributed by atoms with Gasteiger partial charge in [-0.1, -0.05) is 0 Å². The number of nitrogens with zero attached hydrogens (tertiary/aromatic N) is 2. The molecule has 1 unspecified atom stereocenters. The first-order chi connectivity index (χ1) is 11.4. The van der Waals surface area contributed by atoms with Crippen LogP contribution in [0.4, 0.5) is 32.0 Å². The van der Waals surface area contributed by atoms with Crippen molar-refractivity contribution in [1.82, 2.24) is 5.43 Å². The molecule has 1 aromatic carbocycles. The molecular weight excluding hydrogens is 354 g/mol. The molecule has 0 fully saturated rings. The van der Waals surface area contributed by atoms with Crippen molar-refractivity contribution in [2.75, 3.05) is 5.32 Å². The fourth-order valence-corrected chi connectivity index (χ4v) is 2.27. The minimum absolute atomic E-state index is 0.0169. The SMILES string of the molecule is CC1=NNC(C(=O)Nc2ccc(C#N)c(C(F)(F)F)c2)(C(F)(F)F)C1. The Hall–Kier alpha value is -2.77. The molecular formula is C14H10F6N4O. The van der Waals surface area contributed by atoms with Crippen molar-refractivity contribution in [3.63, 3.8) is 0 Å². The second-order valence-electron chi connectivity index (χ2n) is 5.36. The number of alkyl halides is 6. The van der Waals surface area contributed by atoms with E-state index in [1.54, 1.807) is 5.43 Å². The van der Waals surface area contributed by atoms with Crippen molar-refractivity contribution in [1.29, 1.82) is 5.26 Å². The molecule has 1 aliphatic heterocycles. The van der Waals surface area contributed by atoms with Crippen LogP contribution in [0.5, 0.6) is 0 Å². The lowest BCUT2D eigenvalue weighted by Crippen LogP contribution is -2.61. The summed E-state index contributed by atoms with van der Waals surface area (Å²) in [7, 11) is 0. The van der Waals surface area contributed by atoms with Gasteiger partial charge in [-0.3, -0.25) is 10.2 Å². The fourth-order valence-electron chi connectivity index (χ4n) is 2.27. The molecule has 1 aliphatic rings. The molecule has 5 nitrogen and oxygen atoms in total. The molecule has 1 heterocycles. The molecule has 0 spiro atoms. The van der Waals surface area contributed by atoms with Gasteiger partial charge in [-0.2, -0.15) is 36.7 Å². The van der Waals surface area contributed by atoms with Gasteiger partial charge >= 0.3 is 12.4 Å². The van der Waals surface area contributed by atoms with Crippen molar-refractivity contribution in [3.05, 3.63) is 29.3 Å². The molecule has 11 heteroatoms.